The Bertz CT molecular complexity index is 1680. The predicted molar refractivity (Wildman–Crippen MR) is 144 cm³/mol. The average molecular weight is 494 g/mol. The second kappa shape index (κ2) is 9.97. The van der Waals surface area contributed by atoms with Gasteiger partial charge in [0.05, 0.1) is 22.3 Å². The van der Waals surface area contributed by atoms with Crippen LogP contribution in [0.3, 0.4) is 0 Å². The number of fused-ring (bicyclic) bond motifs is 1. The van der Waals surface area contributed by atoms with Crippen molar-refractivity contribution in [1.82, 2.24) is 24.6 Å². The molecule has 0 bridgehead atoms. The molecule has 0 aliphatic heterocycles. The van der Waals surface area contributed by atoms with Crippen LogP contribution < -0.4 is 10.9 Å². The van der Waals surface area contributed by atoms with Crippen LogP contribution in [-0.2, 0) is 13.1 Å². The molecule has 0 saturated carbocycles. The first-order chi connectivity index (χ1) is 17.5. The zero-order chi connectivity index (χ0) is 25.1. The fraction of sp³-hybridized carbons (Fsp3) is 0.0714. The molecule has 0 aliphatic rings. The zero-order valence-corrected chi connectivity index (χ0v) is 20.2. The molecule has 0 spiro atoms. The third kappa shape index (κ3) is 4.54. The minimum atomic E-state index is -0.266. The van der Waals surface area contributed by atoms with Crippen molar-refractivity contribution >= 4 is 29.0 Å². The Morgan fingerprint density at radius 1 is 1.06 bits per heavy atom. The number of para-hydroxylation sites is 1. The van der Waals surface area contributed by atoms with Crippen molar-refractivity contribution in [1.29, 1.82) is 0 Å². The molecule has 0 radical (unpaired) electrons. The molecular formula is C28H23N5O2S. The number of allylic oxidation sites excluding steroid dienone is 1. The molecule has 0 fully saturated rings. The third-order valence-corrected chi connectivity index (χ3v) is 6.18. The monoisotopic (exact) mass is 493 g/mol. The Morgan fingerprint density at radius 3 is 2.50 bits per heavy atom. The van der Waals surface area contributed by atoms with Gasteiger partial charge in [0.1, 0.15) is 0 Å². The lowest BCUT2D eigenvalue weighted by Gasteiger charge is -2.09. The van der Waals surface area contributed by atoms with Gasteiger partial charge in [0.25, 0.3) is 11.5 Å². The molecule has 3 aromatic carbocycles. The van der Waals surface area contributed by atoms with Crippen molar-refractivity contribution in [3.8, 4) is 16.9 Å². The van der Waals surface area contributed by atoms with E-state index in [-0.39, 0.29) is 22.8 Å². The van der Waals surface area contributed by atoms with Crippen LogP contribution in [0.1, 0.15) is 15.9 Å². The SMILES string of the molecule is C=CCn1c(=S)[nH]c2cc(C(=O)NCc3cn(-c4ccccc4)nc3-c3ccccc3)ccc2c1=O. The summed E-state index contributed by atoms with van der Waals surface area (Å²) in [5.41, 5.74) is 4.28. The number of aromatic amines is 1. The summed E-state index contributed by atoms with van der Waals surface area (Å²) in [7, 11) is 0. The van der Waals surface area contributed by atoms with Crippen molar-refractivity contribution in [2.45, 2.75) is 13.1 Å². The fourth-order valence-electron chi connectivity index (χ4n) is 4.06. The van der Waals surface area contributed by atoms with Gasteiger partial charge in [-0.25, -0.2) is 4.68 Å². The highest BCUT2D eigenvalue weighted by Gasteiger charge is 2.15. The highest BCUT2D eigenvalue weighted by Crippen LogP contribution is 2.24. The quantitative estimate of drug-likeness (QED) is 0.246. The second-order valence-corrected chi connectivity index (χ2v) is 8.61. The molecule has 2 heterocycles. The van der Waals surface area contributed by atoms with Gasteiger partial charge in [-0.3, -0.25) is 14.2 Å². The van der Waals surface area contributed by atoms with E-state index < -0.39 is 0 Å². The predicted octanol–water partition coefficient (Wildman–Crippen LogP) is 5.03. The van der Waals surface area contributed by atoms with E-state index in [0.29, 0.717) is 23.0 Å². The van der Waals surface area contributed by atoms with Crippen LogP contribution in [0.25, 0.3) is 27.8 Å². The number of rotatable bonds is 7. The van der Waals surface area contributed by atoms with Crippen LogP contribution in [0.15, 0.2) is 103 Å². The first-order valence-electron chi connectivity index (χ1n) is 11.4. The lowest BCUT2D eigenvalue weighted by molar-refractivity contribution is 0.0951. The maximum Gasteiger partial charge on any atom is 0.262 e. The molecule has 2 N–H and O–H groups in total. The first kappa shape index (κ1) is 23.2. The van der Waals surface area contributed by atoms with Gasteiger partial charge in [0.15, 0.2) is 4.77 Å². The lowest BCUT2D eigenvalue weighted by Crippen LogP contribution is -2.24. The summed E-state index contributed by atoms with van der Waals surface area (Å²) in [4.78, 5) is 28.8. The van der Waals surface area contributed by atoms with E-state index in [1.807, 2.05) is 71.5 Å². The summed E-state index contributed by atoms with van der Waals surface area (Å²) in [6.45, 7) is 4.26. The number of aromatic nitrogens is 4. The molecule has 7 nitrogen and oxygen atoms in total. The number of amides is 1. The smallest absolute Gasteiger partial charge is 0.262 e. The average Bonchev–Trinajstić information content (AvgIpc) is 3.35. The van der Waals surface area contributed by atoms with Gasteiger partial charge in [0.2, 0.25) is 0 Å². The number of carbonyl (C=O) groups excluding carboxylic acids is 1. The van der Waals surface area contributed by atoms with Gasteiger partial charge in [-0.05, 0) is 42.5 Å². The van der Waals surface area contributed by atoms with Gasteiger partial charge in [-0.15, -0.1) is 6.58 Å². The number of benzene rings is 3. The Labute approximate surface area is 212 Å². The van der Waals surface area contributed by atoms with E-state index >= 15 is 0 Å². The summed E-state index contributed by atoms with van der Waals surface area (Å²) in [5, 5.41) is 8.23. The number of hydrogen-bond acceptors (Lipinski definition) is 4. The molecule has 5 rings (SSSR count). The largest absolute Gasteiger partial charge is 0.348 e. The van der Waals surface area contributed by atoms with Gasteiger partial charge < -0.3 is 10.3 Å². The van der Waals surface area contributed by atoms with Gasteiger partial charge in [0, 0.05) is 36.0 Å². The normalized spacial score (nSPS) is 10.9. The van der Waals surface area contributed by atoms with Crippen molar-refractivity contribution in [3.63, 3.8) is 0 Å². The van der Waals surface area contributed by atoms with Gasteiger partial charge in [-0.2, -0.15) is 5.10 Å². The maximum atomic E-state index is 13.1. The number of H-pyrrole nitrogens is 1. The van der Waals surface area contributed by atoms with Crippen molar-refractivity contribution in [3.05, 3.63) is 124 Å². The van der Waals surface area contributed by atoms with E-state index in [1.54, 1.807) is 24.3 Å². The molecule has 178 valence electrons. The third-order valence-electron chi connectivity index (χ3n) is 5.85. The molecule has 36 heavy (non-hydrogen) atoms. The molecule has 5 aromatic rings. The lowest BCUT2D eigenvalue weighted by atomic mass is 10.1. The van der Waals surface area contributed by atoms with Crippen LogP contribution in [0.2, 0.25) is 0 Å². The molecule has 2 aromatic heterocycles. The summed E-state index contributed by atoms with van der Waals surface area (Å²) < 4.78 is 3.53. The molecule has 1 amide bonds. The molecule has 0 atom stereocenters. The number of hydrogen-bond donors (Lipinski definition) is 2. The van der Waals surface area contributed by atoms with Crippen molar-refractivity contribution < 1.29 is 4.79 Å². The van der Waals surface area contributed by atoms with Crippen molar-refractivity contribution in [2.24, 2.45) is 0 Å². The summed E-state index contributed by atoms with van der Waals surface area (Å²) in [5.74, 6) is -0.266. The first-order valence-corrected chi connectivity index (χ1v) is 11.8. The fourth-order valence-corrected chi connectivity index (χ4v) is 4.33. The van der Waals surface area contributed by atoms with Gasteiger partial charge in [-0.1, -0.05) is 54.6 Å². The number of nitrogens with one attached hydrogen (secondary N) is 2. The highest BCUT2D eigenvalue weighted by atomic mass is 32.1. The maximum absolute atomic E-state index is 13.1. The molecular weight excluding hydrogens is 470 g/mol. The zero-order valence-electron chi connectivity index (χ0n) is 19.3. The number of nitrogens with zero attached hydrogens (tertiary/aromatic N) is 3. The molecule has 8 heteroatoms. The molecule has 0 aliphatic carbocycles. The van der Waals surface area contributed by atoms with Crippen molar-refractivity contribution in [2.75, 3.05) is 0 Å². The Balaban J connectivity index is 1.44. The highest BCUT2D eigenvalue weighted by molar-refractivity contribution is 7.71. The van der Waals surface area contributed by atoms with Gasteiger partial charge >= 0.3 is 0 Å². The van der Waals surface area contributed by atoms with Crippen LogP contribution in [0.5, 0.6) is 0 Å². The standard InChI is InChI=1S/C28H23N5O2S/c1-2-15-32-27(35)23-14-13-20(16-24(23)30-28(32)36)26(34)29-17-21-18-33(22-11-7-4-8-12-22)31-25(21)19-9-5-3-6-10-19/h2-14,16,18H,1,15,17H2,(H,29,34)(H,30,36). The molecule has 0 saturated heterocycles. The van der Waals surface area contributed by atoms with Crippen LogP contribution in [-0.4, -0.2) is 25.2 Å². The van der Waals surface area contributed by atoms with E-state index in [2.05, 4.69) is 16.9 Å². The summed E-state index contributed by atoms with van der Waals surface area (Å²) >= 11 is 5.31. The van der Waals surface area contributed by atoms with Crippen LogP contribution in [0, 0.1) is 4.77 Å². The minimum Gasteiger partial charge on any atom is -0.348 e. The summed E-state index contributed by atoms with van der Waals surface area (Å²) in [6.07, 6.45) is 3.54. The van der Waals surface area contributed by atoms with E-state index in [9.17, 15) is 9.59 Å². The van der Waals surface area contributed by atoms with E-state index in [1.165, 1.54) is 4.57 Å². The Hall–Kier alpha value is -4.56. The van der Waals surface area contributed by atoms with Crippen LogP contribution >= 0.6 is 12.2 Å². The summed E-state index contributed by atoms with van der Waals surface area (Å²) in [6, 6.07) is 24.6. The minimum absolute atomic E-state index is 0.221. The Kier molecular flexibility index (Phi) is 6.42. The molecule has 0 unspecified atom stereocenters. The van der Waals surface area contributed by atoms with E-state index in [4.69, 9.17) is 17.3 Å². The number of carbonyl (C=O) groups is 1. The van der Waals surface area contributed by atoms with E-state index in [0.717, 1.165) is 22.5 Å². The van der Waals surface area contributed by atoms with Crippen LogP contribution in [0.4, 0.5) is 0 Å². The second-order valence-electron chi connectivity index (χ2n) is 8.23. The topological polar surface area (TPSA) is 84.7 Å². The Morgan fingerprint density at radius 2 is 1.78 bits per heavy atom.